The Hall–Kier alpha value is -8.67. The normalized spacial score (nSPS) is 12.1. The highest BCUT2D eigenvalue weighted by molar-refractivity contribution is 6.16. The minimum atomic E-state index is 0.844. The maximum Gasteiger partial charge on any atom is 0.165 e. The first-order chi connectivity index (χ1) is 34.2. The Bertz CT molecular complexity index is 4300. The standard InChI is InChI=1S/C65H49N5/c1-38-20-26-55-47(32-38)48-33-39(2)21-27-56(48)67(55)62-61(44-14-8-7-9-15-44)63(68-57-28-22-40(3)34-49(57)50-35-41(4)23-29-58(50)68)65(70-59-30-24-42(5)36-51(59)52-37-43(6)25-31-60(52)70)66-64(62)69-53-18-12-10-16-45(53)46-17-11-13-19-54(46)69/h7-37H,1-6H3. The number of nitrogens with zero attached hydrogens (tertiary/aromatic N) is 5. The van der Waals surface area contributed by atoms with E-state index in [-0.39, 0.29) is 0 Å². The first-order valence-electron chi connectivity index (χ1n) is 24.4. The summed E-state index contributed by atoms with van der Waals surface area (Å²) in [6.45, 7) is 13.2. The molecule has 14 aromatic rings. The number of rotatable bonds is 5. The number of para-hydroxylation sites is 2. The molecule has 0 fully saturated rings. The molecular weight excluding hydrogens is 851 g/mol. The van der Waals surface area contributed by atoms with Gasteiger partial charge >= 0.3 is 0 Å². The van der Waals surface area contributed by atoms with Crippen molar-refractivity contribution in [1.29, 1.82) is 0 Å². The van der Waals surface area contributed by atoms with Crippen LogP contribution in [0.1, 0.15) is 33.4 Å². The summed E-state index contributed by atoms with van der Waals surface area (Å²) in [5, 5.41) is 9.64. The van der Waals surface area contributed by atoms with Gasteiger partial charge in [-0.25, -0.2) is 4.98 Å². The van der Waals surface area contributed by atoms with Gasteiger partial charge in [0.05, 0.1) is 44.1 Å². The molecule has 0 saturated heterocycles. The van der Waals surface area contributed by atoms with E-state index in [0.717, 1.165) is 78.3 Å². The molecule has 0 N–H and O–H groups in total. The van der Waals surface area contributed by atoms with Gasteiger partial charge in [-0.05, 0) is 132 Å². The van der Waals surface area contributed by atoms with E-state index in [9.17, 15) is 0 Å². The van der Waals surface area contributed by atoms with Crippen molar-refractivity contribution in [2.75, 3.05) is 0 Å². The van der Waals surface area contributed by atoms with Gasteiger partial charge in [0.15, 0.2) is 11.6 Å². The van der Waals surface area contributed by atoms with Gasteiger partial charge in [0.25, 0.3) is 0 Å². The SMILES string of the molecule is Cc1ccc2c(c1)c1cc(C)ccc1n2-c1nc(-n2c3ccccc3c3ccccc32)c(-n2c3ccc(C)cc3c3cc(C)ccc32)c(-c2ccccc2)c1-n1c2ccc(C)cc2c2cc(C)ccc21. The summed E-state index contributed by atoms with van der Waals surface area (Å²) in [6, 6.07) is 70.3. The molecule has 0 amide bonds. The van der Waals surface area contributed by atoms with Crippen LogP contribution in [0, 0.1) is 41.5 Å². The molecule has 0 radical (unpaired) electrons. The lowest BCUT2D eigenvalue weighted by atomic mass is 10.00. The molecule has 0 aliphatic rings. The van der Waals surface area contributed by atoms with Crippen LogP contribution in [0.4, 0.5) is 0 Å². The van der Waals surface area contributed by atoms with Crippen molar-refractivity contribution in [2.45, 2.75) is 41.5 Å². The Morgan fingerprint density at radius 2 is 0.529 bits per heavy atom. The Balaban J connectivity index is 1.33. The van der Waals surface area contributed by atoms with Crippen LogP contribution < -0.4 is 0 Å². The van der Waals surface area contributed by atoms with Gasteiger partial charge in [0.2, 0.25) is 0 Å². The number of hydrogen-bond donors (Lipinski definition) is 0. The minimum absolute atomic E-state index is 0.844. The summed E-state index contributed by atoms with van der Waals surface area (Å²) < 4.78 is 9.98. The Kier molecular flexibility index (Phi) is 8.61. The van der Waals surface area contributed by atoms with Gasteiger partial charge in [0.1, 0.15) is 11.4 Å². The molecule has 5 heterocycles. The van der Waals surface area contributed by atoms with E-state index >= 15 is 0 Å². The molecule has 5 nitrogen and oxygen atoms in total. The lowest BCUT2D eigenvalue weighted by Gasteiger charge is -2.27. The summed E-state index contributed by atoms with van der Waals surface area (Å²) in [5.41, 5.74) is 20.4. The summed E-state index contributed by atoms with van der Waals surface area (Å²) in [6.07, 6.45) is 0. The molecule has 0 unspecified atom stereocenters. The van der Waals surface area contributed by atoms with Crippen LogP contribution in [0.15, 0.2) is 188 Å². The van der Waals surface area contributed by atoms with E-state index in [1.165, 1.54) is 76.5 Å². The monoisotopic (exact) mass is 899 g/mol. The van der Waals surface area contributed by atoms with Crippen LogP contribution in [0.5, 0.6) is 0 Å². The number of hydrogen-bond acceptors (Lipinski definition) is 1. The molecule has 0 aliphatic carbocycles. The molecule has 5 heteroatoms. The zero-order chi connectivity index (χ0) is 47.1. The predicted molar refractivity (Wildman–Crippen MR) is 295 cm³/mol. The molecule has 14 rings (SSSR count). The quantitative estimate of drug-likeness (QED) is 0.169. The van der Waals surface area contributed by atoms with Crippen LogP contribution >= 0.6 is 0 Å². The van der Waals surface area contributed by atoms with Crippen molar-refractivity contribution >= 4 is 87.2 Å². The number of aryl methyl sites for hydroxylation is 6. The Morgan fingerprint density at radius 3 is 0.857 bits per heavy atom. The van der Waals surface area contributed by atoms with E-state index in [1.807, 2.05) is 0 Å². The predicted octanol–water partition coefficient (Wildman–Crippen LogP) is 17.0. The van der Waals surface area contributed by atoms with Crippen molar-refractivity contribution in [1.82, 2.24) is 23.3 Å². The van der Waals surface area contributed by atoms with Crippen LogP contribution in [0.3, 0.4) is 0 Å². The van der Waals surface area contributed by atoms with Crippen LogP contribution in [0.25, 0.3) is 121 Å². The zero-order valence-corrected chi connectivity index (χ0v) is 40.1. The average molecular weight is 900 g/mol. The van der Waals surface area contributed by atoms with E-state index in [2.05, 4.69) is 248 Å². The van der Waals surface area contributed by atoms with Crippen molar-refractivity contribution in [3.63, 3.8) is 0 Å². The number of aromatic nitrogens is 5. The number of pyridine rings is 1. The van der Waals surface area contributed by atoms with Gasteiger partial charge < -0.3 is 9.13 Å². The first-order valence-corrected chi connectivity index (χ1v) is 24.4. The van der Waals surface area contributed by atoms with Crippen molar-refractivity contribution in [3.8, 4) is 34.1 Å². The highest BCUT2D eigenvalue weighted by Crippen LogP contribution is 2.49. The molecular formula is C65H49N5. The minimum Gasteiger partial charge on any atom is -0.305 e. The molecule has 0 aliphatic heterocycles. The van der Waals surface area contributed by atoms with Crippen LogP contribution in [-0.2, 0) is 0 Å². The molecule has 0 bridgehead atoms. The van der Waals surface area contributed by atoms with Gasteiger partial charge in [-0.15, -0.1) is 0 Å². The Labute approximate surface area is 405 Å². The molecule has 0 saturated carbocycles. The fourth-order valence-electron chi connectivity index (χ4n) is 11.8. The fourth-order valence-corrected chi connectivity index (χ4v) is 11.8. The molecule has 334 valence electrons. The topological polar surface area (TPSA) is 32.6 Å². The Morgan fingerprint density at radius 1 is 0.257 bits per heavy atom. The number of benzene rings is 9. The summed E-state index contributed by atoms with van der Waals surface area (Å²) >= 11 is 0. The van der Waals surface area contributed by atoms with Gasteiger partial charge in [-0.3, -0.25) is 9.13 Å². The summed E-state index contributed by atoms with van der Waals surface area (Å²) in [4.78, 5) is 6.38. The van der Waals surface area contributed by atoms with Crippen molar-refractivity contribution in [3.05, 3.63) is 221 Å². The third-order valence-corrected chi connectivity index (χ3v) is 14.9. The maximum absolute atomic E-state index is 6.38. The lowest BCUT2D eigenvalue weighted by molar-refractivity contribution is 0.961. The molecule has 0 spiro atoms. The molecule has 0 atom stereocenters. The second-order valence-corrected chi connectivity index (χ2v) is 19.7. The smallest absolute Gasteiger partial charge is 0.165 e. The molecule has 70 heavy (non-hydrogen) atoms. The highest BCUT2D eigenvalue weighted by Gasteiger charge is 2.32. The summed E-state index contributed by atoms with van der Waals surface area (Å²) in [7, 11) is 0. The molecule has 9 aromatic carbocycles. The van der Waals surface area contributed by atoms with E-state index in [4.69, 9.17) is 4.98 Å². The summed E-state index contributed by atoms with van der Waals surface area (Å²) in [5.74, 6) is 1.69. The maximum atomic E-state index is 6.38. The second kappa shape index (κ2) is 14.9. The van der Waals surface area contributed by atoms with Crippen LogP contribution in [-0.4, -0.2) is 23.3 Å². The largest absolute Gasteiger partial charge is 0.305 e. The van der Waals surface area contributed by atoms with E-state index < -0.39 is 0 Å². The third-order valence-electron chi connectivity index (χ3n) is 14.9. The lowest BCUT2D eigenvalue weighted by Crippen LogP contribution is -2.16. The zero-order valence-electron chi connectivity index (χ0n) is 40.1. The van der Waals surface area contributed by atoms with Gasteiger partial charge in [-0.1, -0.05) is 137 Å². The van der Waals surface area contributed by atoms with E-state index in [1.54, 1.807) is 0 Å². The fraction of sp³-hybridized carbons (Fsp3) is 0.0923. The third kappa shape index (κ3) is 5.75. The number of fused-ring (bicyclic) bond motifs is 12. The van der Waals surface area contributed by atoms with Gasteiger partial charge in [-0.2, -0.15) is 0 Å². The van der Waals surface area contributed by atoms with Crippen molar-refractivity contribution < 1.29 is 0 Å². The molecule has 5 aromatic heterocycles. The van der Waals surface area contributed by atoms with Crippen molar-refractivity contribution in [2.24, 2.45) is 0 Å². The van der Waals surface area contributed by atoms with Gasteiger partial charge in [0, 0.05) is 48.7 Å². The highest BCUT2D eigenvalue weighted by atomic mass is 15.2. The van der Waals surface area contributed by atoms with Crippen LogP contribution in [0.2, 0.25) is 0 Å². The van der Waals surface area contributed by atoms with E-state index in [0.29, 0.717) is 0 Å². The average Bonchev–Trinajstić information content (AvgIpc) is 4.07. The first kappa shape index (κ1) is 40.4. The second-order valence-electron chi connectivity index (χ2n) is 19.7.